The SMILES string of the molecule is C=CCn1c(C(C)N)cc2cccc(Cl)c2c1=O. The number of halogens is 1. The summed E-state index contributed by atoms with van der Waals surface area (Å²) in [6.45, 7) is 5.95. The molecule has 0 amide bonds. The molecule has 2 N–H and O–H groups in total. The number of benzene rings is 1. The van der Waals surface area contributed by atoms with Gasteiger partial charge >= 0.3 is 0 Å². The van der Waals surface area contributed by atoms with Gasteiger partial charge in [-0.05, 0) is 24.4 Å². The number of hydrogen-bond donors (Lipinski definition) is 1. The van der Waals surface area contributed by atoms with Crippen LogP contribution in [0.2, 0.25) is 5.02 Å². The average molecular weight is 263 g/mol. The Morgan fingerprint density at radius 2 is 2.28 bits per heavy atom. The summed E-state index contributed by atoms with van der Waals surface area (Å²) in [6, 6.07) is 7.10. The van der Waals surface area contributed by atoms with Gasteiger partial charge in [-0.25, -0.2) is 0 Å². The highest BCUT2D eigenvalue weighted by Crippen LogP contribution is 2.22. The van der Waals surface area contributed by atoms with Gasteiger partial charge in [-0.15, -0.1) is 6.58 Å². The lowest BCUT2D eigenvalue weighted by Gasteiger charge is -2.16. The summed E-state index contributed by atoms with van der Waals surface area (Å²) in [4.78, 5) is 12.4. The van der Waals surface area contributed by atoms with Crippen molar-refractivity contribution in [3.05, 3.63) is 58.0 Å². The molecule has 0 spiro atoms. The first kappa shape index (κ1) is 12.9. The molecule has 1 heterocycles. The van der Waals surface area contributed by atoms with E-state index in [4.69, 9.17) is 17.3 Å². The van der Waals surface area contributed by atoms with E-state index in [1.165, 1.54) is 0 Å². The van der Waals surface area contributed by atoms with E-state index in [2.05, 4.69) is 6.58 Å². The van der Waals surface area contributed by atoms with Crippen molar-refractivity contribution in [2.45, 2.75) is 19.5 Å². The Labute approximate surface area is 110 Å². The monoisotopic (exact) mass is 262 g/mol. The van der Waals surface area contributed by atoms with Crippen molar-refractivity contribution in [3.63, 3.8) is 0 Å². The van der Waals surface area contributed by atoms with Crippen molar-refractivity contribution in [1.29, 1.82) is 0 Å². The van der Waals surface area contributed by atoms with Crippen LogP contribution in [0.25, 0.3) is 10.8 Å². The third-order valence-corrected chi connectivity index (χ3v) is 3.21. The molecule has 0 bridgehead atoms. The van der Waals surface area contributed by atoms with Gasteiger partial charge in [0.1, 0.15) is 0 Å². The smallest absolute Gasteiger partial charge is 0.260 e. The zero-order chi connectivity index (χ0) is 13.3. The van der Waals surface area contributed by atoms with E-state index in [9.17, 15) is 4.79 Å². The highest BCUT2D eigenvalue weighted by molar-refractivity contribution is 6.35. The Kier molecular flexibility index (Phi) is 3.55. The second-order valence-corrected chi connectivity index (χ2v) is 4.67. The van der Waals surface area contributed by atoms with Crippen LogP contribution in [0.15, 0.2) is 41.7 Å². The van der Waals surface area contributed by atoms with Crippen LogP contribution in [0.1, 0.15) is 18.7 Å². The van der Waals surface area contributed by atoms with E-state index in [1.54, 1.807) is 16.7 Å². The molecule has 0 saturated carbocycles. The van der Waals surface area contributed by atoms with E-state index < -0.39 is 0 Å². The van der Waals surface area contributed by atoms with Gasteiger partial charge in [0.15, 0.2) is 0 Å². The van der Waals surface area contributed by atoms with Crippen molar-refractivity contribution >= 4 is 22.4 Å². The zero-order valence-electron chi connectivity index (χ0n) is 10.2. The number of nitrogens with zero attached hydrogens (tertiary/aromatic N) is 1. The zero-order valence-corrected chi connectivity index (χ0v) is 10.9. The first-order valence-electron chi connectivity index (χ1n) is 5.74. The summed E-state index contributed by atoms with van der Waals surface area (Å²) in [7, 11) is 0. The molecule has 2 rings (SSSR count). The van der Waals surface area contributed by atoms with Crippen molar-refractivity contribution < 1.29 is 0 Å². The van der Waals surface area contributed by atoms with Gasteiger partial charge in [0.25, 0.3) is 5.56 Å². The summed E-state index contributed by atoms with van der Waals surface area (Å²) in [6.07, 6.45) is 1.68. The molecule has 94 valence electrons. The normalized spacial score (nSPS) is 12.6. The summed E-state index contributed by atoms with van der Waals surface area (Å²) in [5.41, 5.74) is 6.58. The third-order valence-electron chi connectivity index (χ3n) is 2.90. The topological polar surface area (TPSA) is 48.0 Å². The molecule has 0 aliphatic carbocycles. The molecule has 0 aliphatic heterocycles. The van der Waals surface area contributed by atoms with Gasteiger partial charge in [-0.2, -0.15) is 0 Å². The van der Waals surface area contributed by atoms with Crippen molar-refractivity contribution in [2.24, 2.45) is 5.73 Å². The number of rotatable bonds is 3. The molecular weight excluding hydrogens is 248 g/mol. The molecule has 3 nitrogen and oxygen atoms in total. The predicted octanol–water partition coefficient (Wildman–Crippen LogP) is 2.86. The molecule has 0 saturated heterocycles. The Hall–Kier alpha value is -1.58. The highest BCUT2D eigenvalue weighted by Gasteiger charge is 2.13. The van der Waals surface area contributed by atoms with Crippen molar-refractivity contribution in [3.8, 4) is 0 Å². The fourth-order valence-electron chi connectivity index (χ4n) is 2.07. The molecule has 0 radical (unpaired) electrons. The molecule has 4 heteroatoms. The van der Waals surface area contributed by atoms with Crippen LogP contribution in [0.5, 0.6) is 0 Å². The second kappa shape index (κ2) is 4.96. The van der Waals surface area contributed by atoms with E-state index >= 15 is 0 Å². The van der Waals surface area contributed by atoms with Crippen LogP contribution in [0, 0.1) is 0 Å². The Bertz CT molecular complexity index is 659. The first-order chi connectivity index (χ1) is 8.56. The number of nitrogens with two attached hydrogens (primary N) is 1. The fraction of sp³-hybridized carbons (Fsp3) is 0.214. The van der Waals surface area contributed by atoms with Crippen LogP contribution in [0.3, 0.4) is 0 Å². The largest absolute Gasteiger partial charge is 0.323 e. The minimum absolute atomic E-state index is 0.120. The lowest BCUT2D eigenvalue weighted by molar-refractivity contribution is 0.659. The molecule has 18 heavy (non-hydrogen) atoms. The maximum absolute atomic E-state index is 12.4. The summed E-state index contributed by atoms with van der Waals surface area (Å²) in [5, 5.41) is 1.82. The first-order valence-corrected chi connectivity index (χ1v) is 6.12. The molecule has 2 aromatic rings. The molecule has 1 atom stereocenters. The van der Waals surface area contributed by atoms with Crippen LogP contribution in [0.4, 0.5) is 0 Å². The number of fused-ring (bicyclic) bond motifs is 1. The van der Waals surface area contributed by atoms with Gasteiger partial charge in [0.2, 0.25) is 0 Å². The lowest BCUT2D eigenvalue weighted by atomic mass is 10.1. The minimum Gasteiger partial charge on any atom is -0.323 e. The van der Waals surface area contributed by atoms with Crippen LogP contribution in [-0.4, -0.2) is 4.57 Å². The van der Waals surface area contributed by atoms with Gasteiger partial charge in [-0.3, -0.25) is 4.79 Å². The van der Waals surface area contributed by atoms with Crippen LogP contribution in [-0.2, 0) is 6.54 Å². The van der Waals surface area contributed by atoms with Gasteiger partial charge in [0.05, 0.1) is 10.4 Å². The summed E-state index contributed by atoms with van der Waals surface area (Å²) >= 11 is 6.10. The highest BCUT2D eigenvalue weighted by atomic mass is 35.5. The lowest BCUT2D eigenvalue weighted by Crippen LogP contribution is -2.26. The number of hydrogen-bond acceptors (Lipinski definition) is 2. The van der Waals surface area contributed by atoms with E-state index in [-0.39, 0.29) is 11.6 Å². The number of aromatic nitrogens is 1. The second-order valence-electron chi connectivity index (χ2n) is 4.27. The Balaban J connectivity index is 2.90. The van der Waals surface area contributed by atoms with E-state index in [0.717, 1.165) is 11.1 Å². The van der Waals surface area contributed by atoms with Gasteiger partial charge < -0.3 is 10.3 Å². The Morgan fingerprint density at radius 1 is 1.56 bits per heavy atom. The van der Waals surface area contributed by atoms with Crippen molar-refractivity contribution in [1.82, 2.24) is 4.57 Å². The number of allylic oxidation sites excluding steroid dienone is 1. The van der Waals surface area contributed by atoms with E-state index in [1.807, 2.05) is 25.1 Å². The number of pyridine rings is 1. The van der Waals surface area contributed by atoms with Crippen LogP contribution < -0.4 is 11.3 Å². The summed E-state index contributed by atoms with van der Waals surface area (Å²) < 4.78 is 1.62. The fourth-order valence-corrected chi connectivity index (χ4v) is 2.33. The third kappa shape index (κ3) is 2.07. The molecule has 1 unspecified atom stereocenters. The standard InChI is InChI=1S/C14H15ClN2O/c1-3-7-17-12(9(2)16)8-10-5-4-6-11(15)13(10)14(17)18/h3-6,8-9H,1,7,16H2,2H3. The van der Waals surface area contributed by atoms with Crippen molar-refractivity contribution in [2.75, 3.05) is 0 Å². The molecular formula is C14H15ClN2O. The molecule has 1 aromatic carbocycles. The minimum atomic E-state index is -0.221. The quantitative estimate of drug-likeness (QED) is 0.865. The summed E-state index contributed by atoms with van der Waals surface area (Å²) in [5.74, 6) is 0. The Morgan fingerprint density at radius 3 is 2.89 bits per heavy atom. The maximum Gasteiger partial charge on any atom is 0.260 e. The molecule has 0 fully saturated rings. The maximum atomic E-state index is 12.4. The van der Waals surface area contributed by atoms with Gasteiger partial charge in [0, 0.05) is 18.3 Å². The average Bonchev–Trinajstić information content (AvgIpc) is 2.32. The molecule has 0 aliphatic rings. The predicted molar refractivity (Wildman–Crippen MR) is 76.0 cm³/mol. The molecule has 1 aromatic heterocycles. The van der Waals surface area contributed by atoms with E-state index in [0.29, 0.717) is 17.0 Å². The van der Waals surface area contributed by atoms with Crippen LogP contribution >= 0.6 is 11.6 Å². The van der Waals surface area contributed by atoms with Gasteiger partial charge in [-0.1, -0.05) is 29.8 Å².